The summed E-state index contributed by atoms with van der Waals surface area (Å²) in [7, 11) is 2.17. The number of piperazine rings is 1. The van der Waals surface area contributed by atoms with Gasteiger partial charge in [-0.05, 0) is 32.2 Å². The Bertz CT molecular complexity index is 1340. The Labute approximate surface area is 210 Å². The molecule has 2 saturated heterocycles. The maximum absolute atomic E-state index is 5.63. The quantitative estimate of drug-likeness (QED) is 0.423. The van der Waals surface area contributed by atoms with Crippen molar-refractivity contribution < 1.29 is 4.74 Å². The van der Waals surface area contributed by atoms with Crippen molar-refractivity contribution in [3.05, 3.63) is 42.6 Å². The molecule has 0 spiro atoms. The van der Waals surface area contributed by atoms with Crippen LogP contribution in [0, 0.1) is 0 Å². The highest BCUT2D eigenvalue weighted by Crippen LogP contribution is 2.32. The summed E-state index contributed by atoms with van der Waals surface area (Å²) in [6.45, 7) is 9.83. The third-order valence-electron chi connectivity index (χ3n) is 6.96. The molecule has 36 heavy (non-hydrogen) atoms. The lowest BCUT2D eigenvalue weighted by Crippen LogP contribution is -2.45. The Morgan fingerprint density at radius 2 is 1.67 bits per heavy atom. The number of morpholine rings is 1. The van der Waals surface area contributed by atoms with E-state index in [1.54, 1.807) is 6.20 Å². The molecule has 3 aromatic heterocycles. The van der Waals surface area contributed by atoms with Gasteiger partial charge in [0.05, 0.1) is 18.9 Å². The van der Waals surface area contributed by atoms with Gasteiger partial charge in [-0.1, -0.05) is 18.2 Å². The van der Waals surface area contributed by atoms with Crippen molar-refractivity contribution in [3.63, 3.8) is 0 Å². The van der Waals surface area contributed by atoms with Gasteiger partial charge < -0.3 is 19.4 Å². The van der Waals surface area contributed by atoms with Crippen molar-refractivity contribution in [3.8, 4) is 22.6 Å². The number of likely N-dealkylation sites (N-methyl/N-ethyl adjacent to an activating group) is 1. The first kappa shape index (κ1) is 22.8. The minimum absolute atomic E-state index is 0.683. The molecule has 0 aliphatic carbocycles. The topological polar surface area (TPSA) is 88.3 Å². The molecule has 2 fully saturated rings. The van der Waals surface area contributed by atoms with Crippen LogP contribution in [0.2, 0.25) is 0 Å². The lowest BCUT2D eigenvalue weighted by Gasteiger charge is -2.33. The van der Waals surface area contributed by atoms with Crippen LogP contribution in [0.3, 0.4) is 0 Å². The van der Waals surface area contributed by atoms with Crippen molar-refractivity contribution >= 4 is 22.9 Å². The van der Waals surface area contributed by atoms with E-state index in [1.165, 1.54) is 0 Å². The van der Waals surface area contributed by atoms with Gasteiger partial charge in [-0.3, -0.25) is 4.57 Å². The van der Waals surface area contributed by atoms with Gasteiger partial charge >= 0.3 is 0 Å². The summed E-state index contributed by atoms with van der Waals surface area (Å²) >= 11 is 0. The first-order valence-electron chi connectivity index (χ1n) is 12.6. The summed E-state index contributed by atoms with van der Waals surface area (Å²) in [5.41, 5.74) is 4.49. The second-order valence-electron chi connectivity index (χ2n) is 9.28. The molecule has 0 amide bonds. The Balaban J connectivity index is 1.50. The maximum atomic E-state index is 5.63. The molecule has 10 heteroatoms. The van der Waals surface area contributed by atoms with Crippen LogP contribution in [0.4, 0.5) is 11.8 Å². The van der Waals surface area contributed by atoms with E-state index in [1.807, 2.05) is 24.3 Å². The number of aromatic nitrogens is 6. The number of fused-ring (bicyclic) bond motifs is 1. The Kier molecular flexibility index (Phi) is 6.20. The van der Waals surface area contributed by atoms with E-state index in [0.29, 0.717) is 19.0 Å². The monoisotopic (exact) mass is 485 g/mol. The number of hydrogen-bond acceptors (Lipinski definition) is 9. The number of benzene rings is 1. The fourth-order valence-corrected chi connectivity index (χ4v) is 4.91. The zero-order valence-electron chi connectivity index (χ0n) is 20.8. The second-order valence-corrected chi connectivity index (χ2v) is 9.28. The number of hydrogen-bond donors (Lipinski definition) is 0. The van der Waals surface area contributed by atoms with Gasteiger partial charge in [0.15, 0.2) is 22.8 Å². The van der Waals surface area contributed by atoms with Crippen molar-refractivity contribution in [2.75, 3.05) is 69.3 Å². The van der Waals surface area contributed by atoms with Crippen LogP contribution in [0.15, 0.2) is 42.6 Å². The smallest absolute Gasteiger partial charge is 0.207 e. The van der Waals surface area contributed by atoms with Gasteiger partial charge in [0, 0.05) is 63.1 Å². The van der Waals surface area contributed by atoms with Crippen molar-refractivity contribution in [1.29, 1.82) is 0 Å². The molecule has 0 saturated carbocycles. The summed E-state index contributed by atoms with van der Waals surface area (Å²) < 4.78 is 7.87. The summed E-state index contributed by atoms with van der Waals surface area (Å²) in [4.78, 5) is 22.4. The van der Waals surface area contributed by atoms with Crippen LogP contribution < -0.4 is 9.80 Å². The lowest BCUT2D eigenvalue weighted by molar-refractivity contribution is 0.122. The maximum Gasteiger partial charge on any atom is 0.207 e. The lowest BCUT2D eigenvalue weighted by atomic mass is 10.1. The highest BCUT2D eigenvalue weighted by molar-refractivity contribution is 5.88. The van der Waals surface area contributed by atoms with Crippen LogP contribution in [0.25, 0.3) is 33.8 Å². The molecular formula is C26H31N9O. The molecule has 0 N–H and O–H groups in total. The van der Waals surface area contributed by atoms with Gasteiger partial charge in [0.25, 0.3) is 0 Å². The zero-order valence-corrected chi connectivity index (χ0v) is 20.8. The molecule has 1 aromatic carbocycles. The molecule has 0 radical (unpaired) electrons. The number of anilines is 2. The molecule has 6 rings (SSSR count). The highest BCUT2D eigenvalue weighted by Gasteiger charge is 2.26. The number of ether oxygens (including phenoxy) is 1. The first-order chi connectivity index (χ1) is 17.7. The fraction of sp³-hybridized carbons (Fsp3) is 0.423. The molecule has 0 unspecified atom stereocenters. The van der Waals surface area contributed by atoms with Crippen molar-refractivity contribution in [2.24, 2.45) is 0 Å². The minimum atomic E-state index is 0.683. The first-order valence-corrected chi connectivity index (χ1v) is 12.6. The Morgan fingerprint density at radius 3 is 2.42 bits per heavy atom. The molecule has 186 valence electrons. The summed E-state index contributed by atoms with van der Waals surface area (Å²) in [6.07, 6.45) is 1.68. The normalized spacial score (nSPS) is 17.2. The molecule has 4 aromatic rings. The highest BCUT2D eigenvalue weighted by atomic mass is 16.5. The molecule has 2 aliphatic rings. The number of nitrogens with zero attached hydrogens (tertiary/aromatic N) is 9. The Hall–Kier alpha value is -3.63. The predicted octanol–water partition coefficient (Wildman–Crippen LogP) is 2.56. The fourth-order valence-electron chi connectivity index (χ4n) is 4.91. The molecular weight excluding hydrogens is 454 g/mol. The predicted molar refractivity (Wildman–Crippen MR) is 140 cm³/mol. The van der Waals surface area contributed by atoms with Crippen LogP contribution in [-0.4, -0.2) is 94.1 Å². The summed E-state index contributed by atoms with van der Waals surface area (Å²) in [5, 5.41) is 8.31. The van der Waals surface area contributed by atoms with E-state index in [4.69, 9.17) is 19.7 Å². The van der Waals surface area contributed by atoms with E-state index in [2.05, 4.69) is 55.6 Å². The third-order valence-corrected chi connectivity index (χ3v) is 6.96. The summed E-state index contributed by atoms with van der Waals surface area (Å²) in [6, 6.07) is 12.1. The van der Waals surface area contributed by atoms with Crippen LogP contribution in [-0.2, 0) is 11.3 Å². The van der Waals surface area contributed by atoms with E-state index in [0.717, 1.165) is 85.6 Å². The van der Waals surface area contributed by atoms with Gasteiger partial charge in [0.1, 0.15) is 0 Å². The zero-order chi connectivity index (χ0) is 24.5. The SMILES string of the molecule is CCn1c(N2CCN(C)CC2)nc2c(N3CCOCC3)nc(-c3cccc(-c4cccnn4)c3)nc21. The van der Waals surface area contributed by atoms with Gasteiger partial charge in [-0.2, -0.15) is 10.2 Å². The van der Waals surface area contributed by atoms with E-state index < -0.39 is 0 Å². The minimum Gasteiger partial charge on any atom is -0.378 e. The number of aryl methyl sites for hydroxylation is 1. The van der Waals surface area contributed by atoms with E-state index in [-0.39, 0.29) is 0 Å². The van der Waals surface area contributed by atoms with Crippen molar-refractivity contribution in [2.45, 2.75) is 13.5 Å². The summed E-state index contributed by atoms with van der Waals surface area (Å²) in [5.74, 6) is 2.55. The van der Waals surface area contributed by atoms with Crippen LogP contribution in [0.5, 0.6) is 0 Å². The van der Waals surface area contributed by atoms with Gasteiger partial charge in [-0.15, -0.1) is 0 Å². The van der Waals surface area contributed by atoms with E-state index in [9.17, 15) is 0 Å². The van der Waals surface area contributed by atoms with Gasteiger partial charge in [0.2, 0.25) is 5.95 Å². The van der Waals surface area contributed by atoms with Gasteiger partial charge in [-0.25, -0.2) is 15.0 Å². The molecule has 5 heterocycles. The Morgan fingerprint density at radius 1 is 0.861 bits per heavy atom. The largest absolute Gasteiger partial charge is 0.378 e. The second kappa shape index (κ2) is 9.79. The number of imidazole rings is 1. The number of rotatable bonds is 5. The average Bonchev–Trinajstić information content (AvgIpc) is 3.32. The standard InChI is InChI=1S/C26H31N9O/c1-3-35-25-22(28-26(35)34-12-10-32(2)11-13-34)24(33-14-16-36-17-15-33)29-23(30-25)20-7-4-6-19(18-20)21-8-5-9-27-31-21/h4-9,18H,3,10-17H2,1-2H3. The third kappa shape index (κ3) is 4.27. The van der Waals surface area contributed by atoms with Crippen molar-refractivity contribution in [1.82, 2.24) is 34.6 Å². The molecule has 10 nitrogen and oxygen atoms in total. The average molecular weight is 486 g/mol. The molecule has 0 atom stereocenters. The molecule has 0 bridgehead atoms. The van der Waals surface area contributed by atoms with Crippen LogP contribution in [0.1, 0.15) is 6.92 Å². The van der Waals surface area contributed by atoms with Crippen LogP contribution >= 0.6 is 0 Å². The van der Waals surface area contributed by atoms with E-state index >= 15 is 0 Å². The molecule has 2 aliphatic heterocycles.